The van der Waals surface area contributed by atoms with Crippen molar-refractivity contribution < 1.29 is 18.7 Å². The first-order valence-corrected chi connectivity index (χ1v) is 13.3. The minimum atomic E-state index is -0.824. The maximum atomic E-state index is 12.3. The monoisotopic (exact) mass is 421 g/mol. The van der Waals surface area contributed by atoms with Gasteiger partial charge in [-0.2, -0.15) is 0 Å². The van der Waals surface area contributed by atoms with E-state index in [0.29, 0.717) is 19.6 Å². The van der Waals surface area contributed by atoms with Crippen molar-refractivity contribution in [2.75, 3.05) is 13.7 Å². The molecule has 0 spiro atoms. The summed E-state index contributed by atoms with van der Waals surface area (Å²) >= 11 is 0. The van der Waals surface area contributed by atoms with Crippen molar-refractivity contribution in [3.05, 3.63) is 28.8 Å². The summed E-state index contributed by atoms with van der Waals surface area (Å²) in [6.07, 6.45) is 4.75. The lowest BCUT2D eigenvalue weighted by atomic mass is 9.80. The number of hydrogen-bond donors (Lipinski definition) is 0. The van der Waals surface area contributed by atoms with E-state index in [1.54, 1.807) is 7.11 Å². The molecule has 1 atom stereocenters. The summed E-state index contributed by atoms with van der Waals surface area (Å²) in [6, 6.07) is 4.36. The lowest BCUT2D eigenvalue weighted by Crippen LogP contribution is -2.19. The molecule has 0 aromatic heterocycles. The van der Waals surface area contributed by atoms with Gasteiger partial charge in [0.25, 0.3) is 0 Å². The quantitative estimate of drug-likeness (QED) is 0.223. The van der Waals surface area contributed by atoms with Crippen molar-refractivity contribution in [1.29, 1.82) is 0 Å². The summed E-state index contributed by atoms with van der Waals surface area (Å²) in [7, 11) is 0.905. The number of unbranched alkanes of at least 4 members (excludes halogenated alkanes) is 2. The highest BCUT2D eigenvalue weighted by molar-refractivity contribution is 6.48. The van der Waals surface area contributed by atoms with Gasteiger partial charge in [0.15, 0.2) is 0 Å². The Morgan fingerprint density at radius 2 is 1.83 bits per heavy atom. The predicted molar refractivity (Wildman–Crippen MR) is 122 cm³/mol. The third-order valence-corrected chi connectivity index (χ3v) is 5.84. The summed E-state index contributed by atoms with van der Waals surface area (Å²) in [5.74, 6) is 0.837. The van der Waals surface area contributed by atoms with Crippen molar-refractivity contribution in [3.8, 4) is 5.75 Å². The van der Waals surface area contributed by atoms with Crippen LogP contribution in [0.5, 0.6) is 5.75 Å². The van der Waals surface area contributed by atoms with Crippen LogP contribution in [0.2, 0.25) is 13.1 Å². The van der Waals surface area contributed by atoms with Gasteiger partial charge in [0.05, 0.1) is 26.7 Å². The predicted octanol–water partition coefficient (Wildman–Crippen LogP) is 6.38. The molecule has 1 aromatic carbocycles. The number of carbonyl (C=O) groups is 1. The van der Waals surface area contributed by atoms with E-state index in [9.17, 15) is 4.79 Å². The number of hydrogen-bond acceptors (Lipinski definition) is 4. The van der Waals surface area contributed by atoms with Crippen molar-refractivity contribution >= 4 is 15.0 Å². The van der Waals surface area contributed by atoms with Crippen LogP contribution < -0.4 is 4.74 Å². The Morgan fingerprint density at radius 1 is 1.14 bits per heavy atom. The molecule has 0 amide bonds. The summed E-state index contributed by atoms with van der Waals surface area (Å²) in [5.41, 5.74) is 3.44. The molecule has 0 aliphatic carbocycles. The highest BCUT2D eigenvalue weighted by atomic mass is 28.3. The van der Waals surface area contributed by atoms with Crippen molar-refractivity contribution in [1.82, 2.24) is 0 Å². The fourth-order valence-electron chi connectivity index (χ4n) is 3.70. The second-order valence-corrected chi connectivity index (χ2v) is 11.0. The number of esters is 1. The molecule has 0 aliphatic heterocycles. The molecule has 0 N–H and O–H groups in total. The largest absolute Gasteiger partial charge is 0.496 e. The second-order valence-electron chi connectivity index (χ2n) is 8.86. The zero-order valence-electron chi connectivity index (χ0n) is 19.8. The van der Waals surface area contributed by atoms with Gasteiger partial charge < -0.3 is 13.9 Å². The maximum Gasteiger partial charge on any atom is 0.306 e. The van der Waals surface area contributed by atoms with Crippen molar-refractivity contribution in [2.45, 2.75) is 97.8 Å². The van der Waals surface area contributed by atoms with E-state index in [2.05, 4.69) is 52.9 Å². The third kappa shape index (κ3) is 8.13. The van der Waals surface area contributed by atoms with E-state index in [1.165, 1.54) is 5.56 Å². The number of rotatable bonds is 12. The van der Waals surface area contributed by atoms with Gasteiger partial charge in [-0.25, -0.2) is 0 Å². The number of benzene rings is 1. The molecule has 1 radical (unpaired) electrons. The zero-order chi connectivity index (χ0) is 22.0. The summed E-state index contributed by atoms with van der Waals surface area (Å²) in [5, 5.41) is 0. The third-order valence-electron chi connectivity index (χ3n) is 5.12. The van der Waals surface area contributed by atoms with Crippen LogP contribution in [0.4, 0.5) is 0 Å². The molecule has 0 saturated carbocycles. The van der Waals surface area contributed by atoms with E-state index in [1.807, 2.05) is 6.92 Å². The highest BCUT2D eigenvalue weighted by Crippen LogP contribution is 2.40. The van der Waals surface area contributed by atoms with E-state index in [4.69, 9.17) is 13.9 Å². The van der Waals surface area contributed by atoms with Crippen LogP contribution in [0.25, 0.3) is 0 Å². The molecule has 4 nitrogen and oxygen atoms in total. The molecule has 1 unspecified atom stereocenters. The van der Waals surface area contributed by atoms with Gasteiger partial charge in [-0.3, -0.25) is 4.79 Å². The van der Waals surface area contributed by atoms with E-state index >= 15 is 0 Å². The Kier molecular flexibility index (Phi) is 11.0. The smallest absolute Gasteiger partial charge is 0.306 e. The molecule has 0 aliphatic rings. The van der Waals surface area contributed by atoms with Crippen LogP contribution in [0.15, 0.2) is 12.1 Å². The molecular formula is C24H41O4Si. The summed E-state index contributed by atoms with van der Waals surface area (Å²) < 4.78 is 17.3. The highest BCUT2D eigenvalue weighted by Gasteiger charge is 2.27. The molecule has 1 aromatic rings. The lowest BCUT2D eigenvalue weighted by molar-refractivity contribution is -0.143. The van der Waals surface area contributed by atoms with Crippen LogP contribution in [0.3, 0.4) is 0 Å². The maximum absolute atomic E-state index is 12.3. The van der Waals surface area contributed by atoms with E-state index < -0.39 is 9.04 Å². The SMILES string of the molecule is CCCCCC(CC(=O)OCC)c1ccc(C(C)(C)C)c(CO[Si](C)C)c1OC. The van der Waals surface area contributed by atoms with Crippen molar-refractivity contribution in [2.24, 2.45) is 0 Å². The normalized spacial score (nSPS) is 12.9. The summed E-state index contributed by atoms with van der Waals surface area (Å²) in [4.78, 5) is 12.3. The Morgan fingerprint density at radius 3 is 2.34 bits per heavy atom. The van der Waals surface area contributed by atoms with Gasteiger partial charge in [0.2, 0.25) is 9.04 Å². The Bertz CT molecular complexity index is 635. The van der Waals surface area contributed by atoms with Gasteiger partial charge in [0.1, 0.15) is 5.75 Å². The van der Waals surface area contributed by atoms with Gasteiger partial charge in [-0.1, -0.05) is 59.1 Å². The van der Waals surface area contributed by atoms with Crippen LogP contribution in [-0.2, 0) is 26.0 Å². The first-order chi connectivity index (χ1) is 13.6. The van der Waals surface area contributed by atoms with E-state index in [-0.39, 0.29) is 17.3 Å². The number of methoxy groups -OCH3 is 1. The molecule has 0 bridgehead atoms. The topological polar surface area (TPSA) is 44.8 Å². The van der Waals surface area contributed by atoms with Crippen LogP contribution >= 0.6 is 0 Å². The fraction of sp³-hybridized carbons (Fsp3) is 0.708. The minimum absolute atomic E-state index is 0.0161. The second kappa shape index (κ2) is 12.4. The lowest BCUT2D eigenvalue weighted by Gasteiger charge is -2.28. The van der Waals surface area contributed by atoms with Gasteiger partial charge in [-0.05, 0) is 48.9 Å². The van der Waals surface area contributed by atoms with Crippen molar-refractivity contribution in [3.63, 3.8) is 0 Å². The molecule has 29 heavy (non-hydrogen) atoms. The van der Waals surface area contributed by atoms with Gasteiger partial charge >= 0.3 is 5.97 Å². The molecule has 0 heterocycles. The van der Waals surface area contributed by atoms with Gasteiger partial charge in [0, 0.05) is 5.56 Å². The Balaban J connectivity index is 3.41. The first-order valence-electron chi connectivity index (χ1n) is 10.9. The standard InChI is InChI=1S/C24H41O4Si/c1-9-11-12-13-18(16-22(25)27-10-2)19-14-15-21(24(3,4)5)20(23(19)26-6)17-28-29(7)8/h14-15,18H,9-13,16-17H2,1-8H3. The van der Waals surface area contributed by atoms with Crippen LogP contribution in [0, 0.1) is 0 Å². The average molecular weight is 422 g/mol. The summed E-state index contributed by atoms with van der Waals surface area (Å²) in [6.45, 7) is 15.9. The van der Waals surface area contributed by atoms with Crippen LogP contribution in [0.1, 0.15) is 89.3 Å². The molecule has 0 saturated heterocycles. The Labute approximate surface area is 180 Å². The molecule has 165 valence electrons. The molecule has 5 heteroatoms. The molecule has 0 fully saturated rings. The fourth-order valence-corrected chi connectivity index (χ4v) is 4.13. The zero-order valence-corrected chi connectivity index (χ0v) is 20.8. The van der Waals surface area contributed by atoms with E-state index in [0.717, 1.165) is 42.6 Å². The molecular weight excluding hydrogens is 380 g/mol. The number of carbonyl (C=O) groups excluding carboxylic acids is 1. The number of ether oxygens (including phenoxy) is 2. The average Bonchev–Trinajstić information content (AvgIpc) is 2.64. The minimum Gasteiger partial charge on any atom is -0.496 e. The Hall–Kier alpha value is -1.33. The first kappa shape index (κ1) is 25.7. The molecule has 1 rings (SSSR count). The van der Waals surface area contributed by atoms with Gasteiger partial charge in [-0.15, -0.1) is 0 Å². The van der Waals surface area contributed by atoms with Crippen LogP contribution in [-0.4, -0.2) is 28.7 Å².